The lowest BCUT2D eigenvalue weighted by atomic mass is 10.1. The Morgan fingerprint density at radius 1 is 1.31 bits per heavy atom. The highest BCUT2D eigenvalue weighted by molar-refractivity contribution is 6.74. The summed E-state index contributed by atoms with van der Waals surface area (Å²) in [5.41, 5.74) is 7.84. The van der Waals surface area contributed by atoms with Gasteiger partial charge in [-0.3, -0.25) is 5.41 Å². The molecule has 3 nitrogen and oxygen atoms in total. The van der Waals surface area contributed by atoms with Crippen molar-refractivity contribution in [3.63, 3.8) is 0 Å². The van der Waals surface area contributed by atoms with E-state index in [9.17, 15) is 0 Å². The van der Waals surface area contributed by atoms with Crippen molar-refractivity contribution in [1.82, 2.24) is 0 Å². The van der Waals surface area contributed by atoms with Crippen LogP contribution in [0.4, 0.5) is 0 Å². The van der Waals surface area contributed by atoms with E-state index >= 15 is 0 Å². The highest BCUT2D eigenvalue weighted by Gasteiger charge is 2.24. The molecule has 0 unspecified atom stereocenters. The quantitative estimate of drug-likeness (QED) is 0.759. The standard InChI is InChI=1S/C12H16N3Si/c1-3-16(4-2)9-7-5-6-8-10(9)12(14)15-11(8)13/h5-7H,3-4H2,1-2H3,(H3,13,14,15). The van der Waals surface area contributed by atoms with E-state index in [0.717, 1.165) is 11.1 Å². The average molecular weight is 230 g/mol. The molecule has 1 aliphatic heterocycles. The van der Waals surface area contributed by atoms with Gasteiger partial charge in [0.2, 0.25) is 0 Å². The largest absolute Gasteiger partial charge is 0.383 e. The first-order valence-corrected chi connectivity index (χ1v) is 7.52. The number of amidine groups is 2. The fourth-order valence-corrected chi connectivity index (χ4v) is 4.40. The molecular formula is C12H16N3Si. The first kappa shape index (κ1) is 11.1. The van der Waals surface area contributed by atoms with E-state index in [1.165, 1.54) is 17.3 Å². The third-order valence-electron chi connectivity index (χ3n) is 3.04. The van der Waals surface area contributed by atoms with Crippen molar-refractivity contribution >= 4 is 25.7 Å². The fraction of sp³-hybridized carbons (Fsp3) is 0.333. The van der Waals surface area contributed by atoms with Crippen molar-refractivity contribution in [2.24, 2.45) is 10.7 Å². The second kappa shape index (κ2) is 4.21. The molecule has 1 aromatic rings. The predicted octanol–water partition coefficient (Wildman–Crippen LogP) is 1.47. The molecule has 1 aromatic carbocycles. The van der Waals surface area contributed by atoms with Crippen molar-refractivity contribution in [2.45, 2.75) is 25.9 Å². The summed E-state index contributed by atoms with van der Waals surface area (Å²) in [7, 11) is -0.538. The molecular weight excluding hydrogens is 214 g/mol. The van der Waals surface area contributed by atoms with Gasteiger partial charge in [-0.2, -0.15) is 0 Å². The van der Waals surface area contributed by atoms with Crippen LogP contribution in [0.3, 0.4) is 0 Å². The van der Waals surface area contributed by atoms with Gasteiger partial charge in [-0.25, -0.2) is 4.99 Å². The second-order valence-corrected chi connectivity index (χ2v) is 7.04. The van der Waals surface area contributed by atoms with Crippen LogP contribution < -0.4 is 10.9 Å². The Morgan fingerprint density at radius 3 is 2.62 bits per heavy atom. The van der Waals surface area contributed by atoms with Gasteiger partial charge in [0.15, 0.2) is 5.84 Å². The molecule has 16 heavy (non-hydrogen) atoms. The van der Waals surface area contributed by atoms with E-state index in [2.05, 4.69) is 24.9 Å². The van der Waals surface area contributed by atoms with Crippen LogP contribution in [-0.2, 0) is 0 Å². The van der Waals surface area contributed by atoms with Gasteiger partial charge in [-0.15, -0.1) is 0 Å². The summed E-state index contributed by atoms with van der Waals surface area (Å²) >= 11 is 0. The maximum absolute atomic E-state index is 7.76. The van der Waals surface area contributed by atoms with E-state index in [1.807, 2.05) is 12.1 Å². The minimum Gasteiger partial charge on any atom is -0.383 e. The third-order valence-corrected chi connectivity index (χ3v) is 5.93. The minimum atomic E-state index is -0.538. The number of hydrogen-bond acceptors (Lipinski definition) is 2. The summed E-state index contributed by atoms with van der Waals surface area (Å²) in [6.07, 6.45) is 0. The predicted molar refractivity (Wildman–Crippen MR) is 70.3 cm³/mol. The third kappa shape index (κ3) is 1.59. The zero-order valence-corrected chi connectivity index (χ0v) is 10.7. The Morgan fingerprint density at radius 2 is 2.00 bits per heavy atom. The Bertz CT molecular complexity index is 461. The van der Waals surface area contributed by atoms with E-state index < -0.39 is 8.80 Å². The number of nitrogens with two attached hydrogens (primary N) is 1. The van der Waals surface area contributed by atoms with Crippen LogP contribution in [-0.4, -0.2) is 20.5 Å². The fourth-order valence-electron chi connectivity index (χ4n) is 2.19. The molecule has 0 amide bonds. The lowest BCUT2D eigenvalue weighted by molar-refractivity contribution is 1.33. The number of fused-ring (bicyclic) bond motifs is 1. The van der Waals surface area contributed by atoms with Gasteiger partial charge in [0, 0.05) is 11.1 Å². The maximum Gasteiger partial charge on any atom is 0.154 e. The van der Waals surface area contributed by atoms with Crippen LogP contribution in [0.5, 0.6) is 0 Å². The van der Waals surface area contributed by atoms with Gasteiger partial charge in [0.25, 0.3) is 0 Å². The highest BCUT2D eigenvalue weighted by Crippen LogP contribution is 2.17. The van der Waals surface area contributed by atoms with Crippen LogP contribution in [0.2, 0.25) is 12.1 Å². The van der Waals surface area contributed by atoms with Crippen molar-refractivity contribution in [2.75, 3.05) is 0 Å². The van der Waals surface area contributed by atoms with E-state index in [0.29, 0.717) is 11.7 Å². The van der Waals surface area contributed by atoms with Gasteiger partial charge in [-0.05, 0) is 0 Å². The van der Waals surface area contributed by atoms with E-state index in [-0.39, 0.29) is 0 Å². The Balaban J connectivity index is 2.57. The molecule has 0 aromatic heterocycles. The molecule has 1 radical (unpaired) electrons. The topological polar surface area (TPSA) is 62.2 Å². The zero-order chi connectivity index (χ0) is 11.7. The summed E-state index contributed by atoms with van der Waals surface area (Å²) in [6.45, 7) is 4.45. The molecule has 4 heteroatoms. The summed E-state index contributed by atoms with van der Waals surface area (Å²) < 4.78 is 0. The number of hydrogen-bond donors (Lipinski definition) is 2. The van der Waals surface area contributed by atoms with Crippen molar-refractivity contribution in [3.8, 4) is 0 Å². The second-order valence-electron chi connectivity index (χ2n) is 3.88. The molecule has 0 atom stereocenters. The number of benzene rings is 1. The van der Waals surface area contributed by atoms with Gasteiger partial charge >= 0.3 is 0 Å². The molecule has 2 rings (SSSR count). The number of aliphatic imine (C=N–C) groups is 1. The molecule has 0 saturated heterocycles. The number of rotatable bonds is 3. The molecule has 83 valence electrons. The van der Waals surface area contributed by atoms with Crippen LogP contribution in [0.1, 0.15) is 25.0 Å². The summed E-state index contributed by atoms with van der Waals surface area (Å²) in [5.74, 6) is 0.836. The van der Waals surface area contributed by atoms with E-state index in [4.69, 9.17) is 11.1 Å². The zero-order valence-electron chi connectivity index (χ0n) is 9.67. The molecule has 0 bridgehead atoms. The van der Waals surface area contributed by atoms with Crippen LogP contribution >= 0.6 is 0 Å². The summed E-state index contributed by atoms with van der Waals surface area (Å²) in [4.78, 5) is 4.06. The smallest absolute Gasteiger partial charge is 0.154 e. The van der Waals surface area contributed by atoms with Crippen molar-refractivity contribution < 1.29 is 0 Å². The van der Waals surface area contributed by atoms with Gasteiger partial charge < -0.3 is 5.73 Å². The lowest BCUT2D eigenvalue weighted by Crippen LogP contribution is -2.35. The Kier molecular flexibility index (Phi) is 2.92. The first-order chi connectivity index (χ1) is 7.69. The number of nitrogens with one attached hydrogen (secondary N) is 1. The monoisotopic (exact) mass is 230 g/mol. The Labute approximate surface area is 97.5 Å². The Hall–Kier alpha value is -1.42. The van der Waals surface area contributed by atoms with Crippen LogP contribution in [0.25, 0.3) is 0 Å². The lowest BCUT2D eigenvalue weighted by Gasteiger charge is -2.15. The molecule has 0 spiro atoms. The molecule has 1 aliphatic rings. The SMILES string of the molecule is CC[Si](CC)c1cccc2c1C(N)=NC2=N. The average Bonchev–Trinajstić information content (AvgIpc) is 2.57. The molecule has 0 fully saturated rings. The van der Waals surface area contributed by atoms with Gasteiger partial charge in [0.1, 0.15) is 5.84 Å². The van der Waals surface area contributed by atoms with Gasteiger partial charge in [0.05, 0.1) is 8.80 Å². The van der Waals surface area contributed by atoms with Crippen LogP contribution in [0, 0.1) is 5.41 Å². The molecule has 0 saturated carbocycles. The number of nitrogens with zero attached hydrogens (tertiary/aromatic N) is 1. The molecule has 0 aliphatic carbocycles. The van der Waals surface area contributed by atoms with Crippen LogP contribution in [0.15, 0.2) is 23.2 Å². The molecule has 1 heterocycles. The highest BCUT2D eigenvalue weighted by atomic mass is 28.3. The summed E-state index contributed by atoms with van der Waals surface area (Å²) in [6, 6.07) is 8.50. The van der Waals surface area contributed by atoms with Gasteiger partial charge in [-0.1, -0.05) is 49.3 Å². The minimum absolute atomic E-state index is 0.308. The van der Waals surface area contributed by atoms with Crippen molar-refractivity contribution in [3.05, 3.63) is 29.3 Å². The maximum atomic E-state index is 7.76. The molecule has 3 N–H and O–H groups in total. The van der Waals surface area contributed by atoms with E-state index in [1.54, 1.807) is 0 Å². The van der Waals surface area contributed by atoms with Crippen molar-refractivity contribution in [1.29, 1.82) is 5.41 Å². The normalized spacial score (nSPS) is 14.2. The first-order valence-electron chi connectivity index (χ1n) is 5.60. The summed E-state index contributed by atoms with van der Waals surface area (Å²) in [5, 5.41) is 9.10.